The van der Waals surface area contributed by atoms with Gasteiger partial charge in [0.25, 0.3) is 0 Å². The molecular weight excluding hydrogens is 234 g/mol. The Bertz CT molecular complexity index is 391. The lowest BCUT2D eigenvalue weighted by atomic mass is 10.1. The van der Waals surface area contributed by atoms with Gasteiger partial charge >= 0.3 is 0 Å². The molecule has 0 saturated carbocycles. The van der Waals surface area contributed by atoms with Gasteiger partial charge in [0.05, 0.1) is 0 Å². The van der Waals surface area contributed by atoms with Gasteiger partial charge in [0.15, 0.2) is 0 Å². The first-order chi connectivity index (χ1) is 9.20. The summed E-state index contributed by atoms with van der Waals surface area (Å²) < 4.78 is 0. The van der Waals surface area contributed by atoms with Crippen LogP contribution in [0.25, 0.3) is 0 Å². The lowest BCUT2D eigenvalue weighted by Gasteiger charge is -2.39. The molecule has 1 aliphatic rings. The zero-order valence-electron chi connectivity index (χ0n) is 12.3. The van der Waals surface area contributed by atoms with Crippen LogP contribution in [0.1, 0.15) is 25.8 Å². The first-order valence-corrected chi connectivity index (χ1v) is 7.50. The number of aryl methyl sites for hydroxylation is 1. The van der Waals surface area contributed by atoms with Gasteiger partial charge in [-0.1, -0.05) is 25.1 Å². The Labute approximate surface area is 117 Å². The highest BCUT2D eigenvalue weighted by Crippen LogP contribution is 2.14. The lowest BCUT2D eigenvalue weighted by molar-refractivity contribution is 0.0875. The highest BCUT2D eigenvalue weighted by atomic mass is 15.3. The van der Waals surface area contributed by atoms with Gasteiger partial charge in [-0.25, -0.2) is 0 Å². The SMILES string of the molecule is CCN1CCN(CCCc2ccccc2N)CC1C. The van der Waals surface area contributed by atoms with E-state index in [0.717, 1.165) is 12.1 Å². The molecular formula is C16H27N3. The predicted molar refractivity (Wildman–Crippen MR) is 82.3 cm³/mol. The molecule has 1 unspecified atom stereocenters. The van der Waals surface area contributed by atoms with Gasteiger partial charge in [0.1, 0.15) is 0 Å². The number of benzene rings is 1. The summed E-state index contributed by atoms with van der Waals surface area (Å²) in [7, 11) is 0. The molecule has 3 heteroatoms. The maximum Gasteiger partial charge on any atom is 0.0346 e. The van der Waals surface area contributed by atoms with Crippen molar-refractivity contribution in [3.8, 4) is 0 Å². The molecule has 1 aromatic rings. The molecule has 2 N–H and O–H groups in total. The number of hydrogen-bond acceptors (Lipinski definition) is 3. The molecule has 106 valence electrons. The van der Waals surface area contributed by atoms with E-state index in [4.69, 9.17) is 5.73 Å². The number of para-hydroxylation sites is 1. The summed E-state index contributed by atoms with van der Waals surface area (Å²) in [6.07, 6.45) is 2.29. The quantitative estimate of drug-likeness (QED) is 0.825. The topological polar surface area (TPSA) is 32.5 Å². The van der Waals surface area contributed by atoms with Crippen LogP contribution in [0.4, 0.5) is 5.69 Å². The Kier molecular flexibility index (Phi) is 5.23. The van der Waals surface area contributed by atoms with Gasteiger partial charge in [-0.2, -0.15) is 0 Å². The number of nitrogens with zero attached hydrogens (tertiary/aromatic N) is 2. The summed E-state index contributed by atoms with van der Waals surface area (Å²) in [4.78, 5) is 5.15. The van der Waals surface area contributed by atoms with Gasteiger partial charge < -0.3 is 10.6 Å². The fraction of sp³-hybridized carbons (Fsp3) is 0.625. The first-order valence-electron chi connectivity index (χ1n) is 7.50. The minimum absolute atomic E-state index is 0.695. The Morgan fingerprint density at radius 3 is 2.74 bits per heavy atom. The van der Waals surface area contributed by atoms with Crippen LogP contribution in [0.3, 0.4) is 0 Å². The molecule has 1 heterocycles. The third-order valence-corrected chi connectivity index (χ3v) is 4.23. The van der Waals surface area contributed by atoms with Gasteiger partial charge in [-0.05, 0) is 44.5 Å². The summed E-state index contributed by atoms with van der Waals surface area (Å²) in [6, 6.07) is 8.92. The molecule has 2 rings (SSSR count). The number of nitrogens with two attached hydrogens (primary N) is 1. The van der Waals surface area contributed by atoms with Crippen LogP contribution in [-0.4, -0.2) is 48.6 Å². The smallest absolute Gasteiger partial charge is 0.0346 e. The molecule has 1 aromatic carbocycles. The molecule has 0 spiro atoms. The van der Waals surface area contributed by atoms with E-state index >= 15 is 0 Å². The molecule has 1 aliphatic heterocycles. The molecule has 0 aromatic heterocycles. The van der Waals surface area contributed by atoms with Crippen molar-refractivity contribution in [3.05, 3.63) is 29.8 Å². The zero-order valence-corrected chi connectivity index (χ0v) is 12.3. The van der Waals surface area contributed by atoms with Crippen molar-refractivity contribution in [3.63, 3.8) is 0 Å². The van der Waals surface area contributed by atoms with Crippen molar-refractivity contribution in [2.45, 2.75) is 32.7 Å². The normalized spacial score (nSPS) is 21.7. The van der Waals surface area contributed by atoms with Crippen molar-refractivity contribution in [1.82, 2.24) is 9.80 Å². The van der Waals surface area contributed by atoms with Crippen molar-refractivity contribution in [1.29, 1.82) is 0 Å². The Morgan fingerprint density at radius 2 is 2.05 bits per heavy atom. The van der Waals surface area contributed by atoms with Crippen LogP contribution in [0.2, 0.25) is 0 Å². The average Bonchev–Trinajstić information content (AvgIpc) is 2.41. The van der Waals surface area contributed by atoms with Crippen molar-refractivity contribution in [2.75, 3.05) is 38.5 Å². The van der Waals surface area contributed by atoms with Crippen LogP contribution in [0.15, 0.2) is 24.3 Å². The molecule has 1 atom stereocenters. The van der Waals surface area contributed by atoms with Crippen molar-refractivity contribution in [2.24, 2.45) is 0 Å². The van der Waals surface area contributed by atoms with Crippen molar-refractivity contribution < 1.29 is 0 Å². The second kappa shape index (κ2) is 6.92. The third-order valence-electron chi connectivity index (χ3n) is 4.23. The fourth-order valence-electron chi connectivity index (χ4n) is 3.00. The van der Waals surface area contributed by atoms with Gasteiger partial charge in [0.2, 0.25) is 0 Å². The highest BCUT2D eigenvalue weighted by molar-refractivity contribution is 5.46. The molecule has 1 saturated heterocycles. The second-order valence-electron chi connectivity index (χ2n) is 5.58. The van der Waals surface area contributed by atoms with Gasteiger partial charge in [-0.15, -0.1) is 0 Å². The first kappa shape index (κ1) is 14.4. The number of hydrogen-bond donors (Lipinski definition) is 1. The molecule has 3 nitrogen and oxygen atoms in total. The monoisotopic (exact) mass is 261 g/mol. The van der Waals surface area contributed by atoms with Crippen LogP contribution < -0.4 is 5.73 Å². The predicted octanol–water partition coefficient (Wildman–Crippen LogP) is 2.23. The van der Waals surface area contributed by atoms with Crippen LogP contribution in [0, 0.1) is 0 Å². The minimum atomic E-state index is 0.695. The maximum absolute atomic E-state index is 5.98. The lowest BCUT2D eigenvalue weighted by Crippen LogP contribution is -2.51. The van der Waals surface area contributed by atoms with E-state index in [1.54, 1.807) is 0 Å². The van der Waals surface area contributed by atoms with Crippen LogP contribution >= 0.6 is 0 Å². The van der Waals surface area contributed by atoms with E-state index in [1.165, 1.54) is 44.7 Å². The van der Waals surface area contributed by atoms with Crippen LogP contribution in [0.5, 0.6) is 0 Å². The Balaban J connectivity index is 1.74. The number of nitrogen functional groups attached to an aromatic ring is 1. The zero-order chi connectivity index (χ0) is 13.7. The number of likely N-dealkylation sites (N-methyl/N-ethyl adjacent to an activating group) is 1. The molecule has 1 fully saturated rings. The van der Waals surface area contributed by atoms with E-state index in [1.807, 2.05) is 12.1 Å². The molecule has 0 bridgehead atoms. The number of piperazine rings is 1. The van der Waals surface area contributed by atoms with E-state index in [2.05, 4.69) is 35.8 Å². The fourth-order valence-corrected chi connectivity index (χ4v) is 3.00. The van der Waals surface area contributed by atoms with Gasteiger partial charge in [0, 0.05) is 31.4 Å². The third kappa shape index (κ3) is 3.95. The Morgan fingerprint density at radius 1 is 1.26 bits per heavy atom. The summed E-state index contributed by atoms with van der Waals surface area (Å²) >= 11 is 0. The minimum Gasteiger partial charge on any atom is -0.399 e. The van der Waals surface area contributed by atoms with E-state index < -0.39 is 0 Å². The molecule has 19 heavy (non-hydrogen) atoms. The number of rotatable bonds is 5. The van der Waals surface area contributed by atoms with Crippen LogP contribution in [-0.2, 0) is 6.42 Å². The van der Waals surface area contributed by atoms with Gasteiger partial charge in [-0.3, -0.25) is 4.90 Å². The van der Waals surface area contributed by atoms with E-state index in [0.29, 0.717) is 6.04 Å². The summed E-state index contributed by atoms with van der Waals surface area (Å²) in [5.41, 5.74) is 8.21. The standard InChI is InChI=1S/C16H27N3/c1-3-19-12-11-18(13-14(19)2)10-6-8-15-7-4-5-9-16(15)17/h4-5,7,9,14H,3,6,8,10-13,17H2,1-2H3. The second-order valence-corrected chi connectivity index (χ2v) is 5.58. The largest absolute Gasteiger partial charge is 0.399 e. The Hall–Kier alpha value is -1.06. The number of anilines is 1. The summed E-state index contributed by atoms with van der Waals surface area (Å²) in [5.74, 6) is 0. The van der Waals surface area contributed by atoms with Crippen molar-refractivity contribution >= 4 is 5.69 Å². The molecule has 0 aliphatic carbocycles. The highest BCUT2D eigenvalue weighted by Gasteiger charge is 2.21. The van der Waals surface area contributed by atoms with E-state index in [-0.39, 0.29) is 0 Å². The van der Waals surface area contributed by atoms with E-state index in [9.17, 15) is 0 Å². The maximum atomic E-state index is 5.98. The summed E-state index contributed by atoms with van der Waals surface area (Å²) in [6.45, 7) is 10.6. The molecule has 0 radical (unpaired) electrons. The molecule has 0 amide bonds. The average molecular weight is 261 g/mol. The summed E-state index contributed by atoms with van der Waals surface area (Å²) in [5, 5.41) is 0.